The molecule has 0 aliphatic heterocycles. The Labute approximate surface area is 134 Å². The number of rotatable bonds is 6. The number of benzene rings is 1. The van der Waals surface area contributed by atoms with Crippen LogP contribution in [0.5, 0.6) is 11.5 Å². The number of aromatic amines is 1. The molecule has 2 rings (SSSR count). The number of hydrogen-bond donors (Lipinski definition) is 2. The second-order valence-corrected chi connectivity index (χ2v) is 5.15. The van der Waals surface area contributed by atoms with Crippen molar-refractivity contribution in [1.29, 1.82) is 0 Å². The van der Waals surface area contributed by atoms with Crippen molar-refractivity contribution in [2.75, 3.05) is 19.6 Å². The van der Waals surface area contributed by atoms with Crippen LogP contribution in [-0.4, -0.2) is 30.4 Å². The summed E-state index contributed by atoms with van der Waals surface area (Å²) in [5, 5.41) is 4.09. The van der Waals surface area contributed by atoms with E-state index in [4.69, 9.17) is 9.47 Å². The lowest BCUT2D eigenvalue weighted by Crippen LogP contribution is -2.12. The quantitative estimate of drug-likeness (QED) is 0.631. The van der Waals surface area contributed by atoms with Gasteiger partial charge in [-0.25, -0.2) is 10.4 Å². The van der Waals surface area contributed by atoms with Crippen molar-refractivity contribution >= 4 is 12.2 Å². The van der Waals surface area contributed by atoms with Gasteiger partial charge in [-0.05, 0) is 18.1 Å². The van der Waals surface area contributed by atoms with Gasteiger partial charge in [-0.1, -0.05) is 13.8 Å². The van der Waals surface area contributed by atoms with Crippen LogP contribution in [0.25, 0.3) is 0 Å². The zero-order valence-electron chi connectivity index (χ0n) is 13.6. The molecular formula is C16H20N4O3. The zero-order chi connectivity index (χ0) is 16.8. The van der Waals surface area contributed by atoms with Gasteiger partial charge in [0.1, 0.15) is 11.5 Å². The Morgan fingerprint density at radius 3 is 2.70 bits per heavy atom. The van der Waals surface area contributed by atoms with Crippen molar-refractivity contribution in [1.82, 2.24) is 9.97 Å². The summed E-state index contributed by atoms with van der Waals surface area (Å²) in [4.78, 5) is 18.5. The van der Waals surface area contributed by atoms with Crippen LogP contribution < -0.4 is 20.5 Å². The summed E-state index contributed by atoms with van der Waals surface area (Å²) in [5.74, 6) is 1.78. The van der Waals surface area contributed by atoms with Gasteiger partial charge in [0.25, 0.3) is 5.56 Å². The number of hydrazone groups is 1. The molecule has 1 heterocycles. The lowest BCUT2D eigenvalue weighted by atomic mass is 10.1. The molecule has 2 N–H and O–H groups in total. The van der Waals surface area contributed by atoms with E-state index in [1.807, 2.05) is 26.0 Å². The highest BCUT2D eigenvalue weighted by molar-refractivity contribution is 5.84. The van der Waals surface area contributed by atoms with Crippen LogP contribution in [0.15, 0.2) is 34.2 Å². The second-order valence-electron chi connectivity index (χ2n) is 5.15. The molecule has 0 amide bonds. The third-order valence-corrected chi connectivity index (χ3v) is 3.17. The lowest BCUT2D eigenvalue weighted by molar-refractivity contribution is 0.394. The molecule has 1 aromatic heterocycles. The number of hydrogen-bond acceptors (Lipinski definition) is 6. The molecule has 0 fully saturated rings. The van der Waals surface area contributed by atoms with Gasteiger partial charge < -0.3 is 9.47 Å². The second kappa shape index (κ2) is 7.44. The van der Waals surface area contributed by atoms with Crippen LogP contribution in [0.1, 0.15) is 31.0 Å². The summed E-state index contributed by atoms with van der Waals surface area (Å²) in [6.45, 7) is 3.94. The van der Waals surface area contributed by atoms with E-state index in [1.165, 1.54) is 6.07 Å². The molecule has 0 aliphatic rings. The van der Waals surface area contributed by atoms with Gasteiger partial charge in [-0.15, -0.1) is 0 Å². The van der Waals surface area contributed by atoms with E-state index in [0.717, 1.165) is 5.56 Å². The fraction of sp³-hybridized carbons (Fsp3) is 0.312. The fourth-order valence-electron chi connectivity index (χ4n) is 1.91. The fourth-order valence-corrected chi connectivity index (χ4v) is 1.91. The van der Waals surface area contributed by atoms with Crippen LogP contribution in [-0.2, 0) is 0 Å². The maximum Gasteiger partial charge on any atom is 0.252 e. The maximum atomic E-state index is 11.6. The van der Waals surface area contributed by atoms with Crippen LogP contribution >= 0.6 is 0 Å². The number of methoxy groups -OCH3 is 2. The summed E-state index contributed by atoms with van der Waals surface area (Å²) in [5.41, 5.74) is 3.98. The smallest absolute Gasteiger partial charge is 0.252 e. The number of aromatic nitrogens is 2. The van der Waals surface area contributed by atoms with E-state index < -0.39 is 0 Å². The minimum atomic E-state index is -0.219. The first-order chi connectivity index (χ1) is 11.0. The Hall–Kier alpha value is -2.83. The van der Waals surface area contributed by atoms with Crippen LogP contribution in [0, 0.1) is 0 Å². The monoisotopic (exact) mass is 316 g/mol. The summed E-state index contributed by atoms with van der Waals surface area (Å²) >= 11 is 0. The SMILES string of the molecule is COc1ccc(/C=N\Nc2nc(C(C)C)cc(=O)[nH]2)c(OC)c1. The van der Waals surface area contributed by atoms with Gasteiger partial charge in [-0.2, -0.15) is 5.10 Å². The van der Waals surface area contributed by atoms with E-state index >= 15 is 0 Å². The van der Waals surface area contributed by atoms with Crippen molar-refractivity contribution in [3.63, 3.8) is 0 Å². The number of H-pyrrole nitrogens is 1. The summed E-state index contributed by atoms with van der Waals surface area (Å²) < 4.78 is 10.4. The molecule has 7 nitrogen and oxygen atoms in total. The first kappa shape index (κ1) is 16.5. The highest BCUT2D eigenvalue weighted by Crippen LogP contribution is 2.23. The molecule has 0 saturated carbocycles. The predicted molar refractivity (Wildman–Crippen MR) is 89.7 cm³/mol. The lowest BCUT2D eigenvalue weighted by Gasteiger charge is -2.07. The Morgan fingerprint density at radius 2 is 2.04 bits per heavy atom. The molecule has 23 heavy (non-hydrogen) atoms. The Morgan fingerprint density at radius 1 is 1.26 bits per heavy atom. The van der Waals surface area contributed by atoms with E-state index in [9.17, 15) is 4.79 Å². The Kier molecular flexibility index (Phi) is 5.35. The molecule has 7 heteroatoms. The van der Waals surface area contributed by atoms with Crippen molar-refractivity contribution in [2.24, 2.45) is 5.10 Å². The molecule has 122 valence electrons. The van der Waals surface area contributed by atoms with Gasteiger partial charge in [-0.3, -0.25) is 9.78 Å². The minimum absolute atomic E-state index is 0.156. The molecule has 0 saturated heterocycles. The number of nitrogens with zero attached hydrogens (tertiary/aromatic N) is 2. The number of anilines is 1. The number of ether oxygens (including phenoxy) is 2. The average Bonchev–Trinajstić information content (AvgIpc) is 2.54. The van der Waals surface area contributed by atoms with Gasteiger partial charge in [0.05, 0.1) is 26.1 Å². The zero-order valence-corrected chi connectivity index (χ0v) is 13.6. The van der Waals surface area contributed by atoms with Gasteiger partial charge in [0.2, 0.25) is 5.95 Å². The third-order valence-electron chi connectivity index (χ3n) is 3.17. The van der Waals surface area contributed by atoms with Crippen molar-refractivity contribution in [2.45, 2.75) is 19.8 Å². The van der Waals surface area contributed by atoms with E-state index in [0.29, 0.717) is 23.1 Å². The molecular weight excluding hydrogens is 296 g/mol. The van der Waals surface area contributed by atoms with Crippen molar-refractivity contribution < 1.29 is 9.47 Å². The summed E-state index contributed by atoms with van der Waals surface area (Å²) in [7, 11) is 3.17. The van der Waals surface area contributed by atoms with Crippen LogP contribution in [0.3, 0.4) is 0 Å². The van der Waals surface area contributed by atoms with E-state index in [1.54, 1.807) is 26.5 Å². The standard InChI is InChI=1S/C16H20N4O3/c1-10(2)13-8-15(21)19-16(18-13)20-17-9-11-5-6-12(22-3)7-14(11)23-4/h5-10H,1-4H3,(H2,18,19,20,21)/b17-9-. The molecule has 0 spiro atoms. The molecule has 0 atom stereocenters. The molecule has 0 aliphatic carbocycles. The van der Waals surface area contributed by atoms with Crippen LogP contribution in [0.4, 0.5) is 5.95 Å². The maximum absolute atomic E-state index is 11.6. The summed E-state index contributed by atoms with van der Waals surface area (Å²) in [6.07, 6.45) is 1.58. The number of nitrogens with one attached hydrogen (secondary N) is 2. The topological polar surface area (TPSA) is 88.6 Å². The average molecular weight is 316 g/mol. The Balaban J connectivity index is 2.17. The van der Waals surface area contributed by atoms with E-state index in [2.05, 4.69) is 20.5 Å². The predicted octanol–water partition coefficient (Wildman–Crippen LogP) is 2.36. The van der Waals surface area contributed by atoms with Crippen LogP contribution in [0.2, 0.25) is 0 Å². The third kappa shape index (κ3) is 4.32. The molecule has 2 aromatic rings. The van der Waals surface area contributed by atoms with Gasteiger partial charge in [0, 0.05) is 17.7 Å². The van der Waals surface area contributed by atoms with Crippen molar-refractivity contribution in [3.05, 3.63) is 45.9 Å². The minimum Gasteiger partial charge on any atom is -0.497 e. The van der Waals surface area contributed by atoms with E-state index in [-0.39, 0.29) is 11.5 Å². The van der Waals surface area contributed by atoms with Gasteiger partial charge in [0.15, 0.2) is 0 Å². The highest BCUT2D eigenvalue weighted by atomic mass is 16.5. The highest BCUT2D eigenvalue weighted by Gasteiger charge is 2.05. The first-order valence-corrected chi connectivity index (χ1v) is 7.16. The molecule has 1 aromatic carbocycles. The Bertz CT molecular complexity index is 753. The first-order valence-electron chi connectivity index (χ1n) is 7.16. The van der Waals surface area contributed by atoms with Gasteiger partial charge >= 0.3 is 0 Å². The largest absolute Gasteiger partial charge is 0.497 e. The van der Waals surface area contributed by atoms with Crippen molar-refractivity contribution in [3.8, 4) is 11.5 Å². The molecule has 0 bridgehead atoms. The molecule has 0 radical (unpaired) electrons. The summed E-state index contributed by atoms with van der Waals surface area (Å²) in [6, 6.07) is 6.87. The molecule has 0 unspecified atom stereocenters. The normalized spacial score (nSPS) is 11.0.